The number of amides is 1. The Kier molecular flexibility index (Phi) is 6.58. The van der Waals surface area contributed by atoms with Gasteiger partial charge < -0.3 is 10.1 Å². The van der Waals surface area contributed by atoms with Crippen LogP contribution in [0.15, 0.2) is 59.3 Å². The van der Waals surface area contributed by atoms with Gasteiger partial charge in [-0.05, 0) is 29.5 Å². The van der Waals surface area contributed by atoms with Gasteiger partial charge in [0, 0.05) is 23.3 Å². The van der Waals surface area contributed by atoms with E-state index in [1.807, 2.05) is 46.5 Å². The maximum atomic E-state index is 12.5. The summed E-state index contributed by atoms with van der Waals surface area (Å²) in [7, 11) is 1.64. The van der Waals surface area contributed by atoms with Gasteiger partial charge in [0.05, 0.1) is 24.6 Å². The average Bonchev–Trinajstić information content (AvgIpc) is 3.36. The smallest absolute Gasteiger partial charge is 0.230 e. The second kappa shape index (κ2) is 9.10. The molecular weight excluding hydrogens is 378 g/mol. The average molecular weight is 402 g/mol. The molecule has 3 aromatic rings. The van der Waals surface area contributed by atoms with Crippen molar-refractivity contribution in [2.24, 2.45) is 5.92 Å². The molecule has 7 heteroatoms. The molecule has 0 radical (unpaired) electrons. The third kappa shape index (κ3) is 4.93. The maximum absolute atomic E-state index is 12.5. The van der Waals surface area contributed by atoms with Gasteiger partial charge in [0.1, 0.15) is 5.75 Å². The van der Waals surface area contributed by atoms with Crippen LogP contribution in [0.5, 0.6) is 5.75 Å². The van der Waals surface area contributed by atoms with Gasteiger partial charge in [0.15, 0.2) is 5.16 Å². The highest BCUT2D eigenvalue weighted by Gasteiger charge is 2.19. The van der Waals surface area contributed by atoms with E-state index in [-0.39, 0.29) is 11.9 Å². The van der Waals surface area contributed by atoms with E-state index in [0.29, 0.717) is 11.7 Å². The van der Waals surface area contributed by atoms with E-state index >= 15 is 0 Å². The molecule has 0 saturated carbocycles. The van der Waals surface area contributed by atoms with E-state index in [1.54, 1.807) is 24.6 Å². The molecule has 5 nitrogen and oxygen atoms in total. The van der Waals surface area contributed by atoms with Crippen LogP contribution in [-0.2, 0) is 4.79 Å². The quantitative estimate of drug-likeness (QED) is 0.563. The lowest BCUT2D eigenvalue weighted by atomic mass is 10.0. The Labute approximate surface area is 167 Å². The van der Waals surface area contributed by atoms with Crippen molar-refractivity contribution >= 4 is 29.0 Å². The van der Waals surface area contributed by atoms with Crippen molar-refractivity contribution < 1.29 is 9.53 Å². The standard InChI is InChI=1S/C20H23N3O2S2/c1-14(2)19(17-8-5-11-26-17)22-18(24)13-27-20-21-9-10-23(20)15-6-4-7-16(12-15)25-3/h4-12,14,19H,13H2,1-3H3,(H,22,24). The summed E-state index contributed by atoms with van der Waals surface area (Å²) >= 11 is 3.09. The molecule has 0 aliphatic rings. The number of imidazole rings is 1. The monoisotopic (exact) mass is 401 g/mol. The van der Waals surface area contributed by atoms with Crippen molar-refractivity contribution in [1.29, 1.82) is 0 Å². The van der Waals surface area contributed by atoms with Crippen LogP contribution in [0.25, 0.3) is 5.69 Å². The van der Waals surface area contributed by atoms with Crippen molar-refractivity contribution in [3.8, 4) is 11.4 Å². The number of carbonyl (C=O) groups excluding carboxylic acids is 1. The van der Waals surface area contributed by atoms with Gasteiger partial charge >= 0.3 is 0 Å². The maximum Gasteiger partial charge on any atom is 0.230 e. The number of nitrogens with one attached hydrogen (secondary N) is 1. The summed E-state index contributed by atoms with van der Waals surface area (Å²) in [5, 5.41) is 5.96. The molecule has 0 aliphatic heterocycles. The Hall–Kier alpha value is -2.25. The molecular formula is C20H23N3O2S2. The summed E-state index contributed by atoms with van der Waals surface area (Å²) in [4.78, 5) is 18.1. The summed E-state index contributed by atoms with van der Waals surface area (Å²) in [5.41, 5.74) is 0.952. The molecule has 1 amide bonds. The van der Waals surface area contributed by atoms with Gasteiger partial charge in [0.2, 0.25) is 5.91 Å². The number of hydrogen-bond donors (Lipinski definition) is 1. The minimum absolute atomic E-state index is 0.00675. The molecule has 3 rings (SSSR count). The summed E-state index contributed by atoms with van der Waals surface area (Å²) in [6, 6.07) is 11.9. The summed E-state index contributed by atoms with van der Waals surface area (Å²) < 4.78 is 7.25. The van der Waals surface area contributed by atoms with Crippen molar-refractivity contribution in [2.45, 2.75) is 25.0 Å². The molecule has 0 saturated heterocycles. The number of rotatable bonds is 8. The zero-order chi connectivity index (χ0) is 19.2. The minimum atomic E-state index is 0.00675. The number of methoxy groups -OCH3 is 1. The first-order valence-corrected chi connectivity index (χ1v) is 10.6. The molecule has 1 unspecified atom stereocenters. The number of hydrogen-bond acceptors (Lipinski definition) is 5. The fourth-order valence-electron chi connectivity index (χ4n) is 2.73. The first kappa shape index (κ1) is 19.5. The largest absolute Gasteiger partial charge is 0.497 e. The lowest BCUT2D eigenvalue weighted by molar-refractivity contribution is -0.119. The Morgan fingerprint density at radius 3 is 2.89 bits per heavy atom. The fourth-order valence-corrected chi connectivity index (χ4v) is 4.47. The number of nitrogens with zero attached hydrogens (tertiary/aromatic N) is 2. The molecule has 0 aliphatic carbocycles. The van der Waals surface area contributed by atoms with Crippen LogP contribution in [-0.4, -0.2) is 28.3 Å². The zero-order valence-electron chi connectivity index (χ0n) is 15.6. The molecule has 27 heavy (non-hydrogen) atoms. The molecule has 2 aromatic heterocycles. The van der Waals surface area contributed by atoms with E-state index in [9.17, 15) is 4.79 Å². The SMILES string of the molecule is COc1cccc(-n2ccnc2SCC(=O)NC(c2cccs2)C(C)C)c1. The Balaban J connectivity index is 1.65. The third-order valence-corrected chi connectivity index (χ3v) is 6.03. The number of carbonyl (C=O) groups is 1. The normalized spacial score (nSPS) is 12.1. The van der Waals surface area contributed by atoms with E-state index in [2.05, 4.69) is 30.2 Å². The molecule has 142 valence electrons. The predicted octanol–water partition coefficient (Wildman–Crippen LogP) is 4.55. The molecule has 0 spiro atoms. The number of aromatic nitrogens is 2. The lowest BCUT2D eigenvalue weighted by Gasteiger charge is -2.21. The van der Waals surface area contributed by atoms with Crippen molar-refractivity contribution in [3.05, 3.63) is 59.0 Å². The van der Waals surface area contributed by atoms with E-state index < -0.39 is 0 Å². The van der Waals surface area contributed by atoms with Gasteiger partial charge in [-0.25, -0.2) is 4.98 Å². The predicted molar refractivity (Wildman–Crippen MR) is 111 cm³/mol. The van der Waals surface area contributed by atoms with Gasteiger partial charge in [0.25, 0.3) is 0 Å². The van der Waals surface area contributed by atoms with Gasteiger partial charge in [-0.1, -0.05) is 37.7 Å². The topological polar surface area (TPSA) is 56.2 Å². The Bertz CT molecular complexity index is 875. The number of benzene rings is 1. The Morgan fingerprint density at radius 1 is 1.33 bits per heavy atom. The van der Waals surface area contributed by atoms with Crippen molar-refractivity contribution in [2.75, 3.05) is 12.9 Å². The van der Waals surface area contributed by atoms with Gasteiger partial charge in [-0.15, -0.1) is 11.3 Å². The summed E-state index contributed by atoms with van der Waals surface area (Å²) in [6.07, 6.45) is 3.62. The first-order chi connectivity index (χ1) is 13.1. The fraction of sp³-hybridized carbons (Fsp3) is 0.300. The van der Waals surface area contributed by atoms with E-state index in [0.717, 1.165) is 16.6 Å². The van der Waals surface area contributed by atoms with Crippen LogP contribution in [0.4, 0.5) is 0 Å². The second-order valence-corrected chi connectivity index (χ2v) is 8.30. The highest BCUT2D eigenvalue weighted by molar-refractivity contribution is 7.99. The molecule has 1 N–H and O–H groups in total. The molecule has 0 fully saturated rings. The third-order valence-electron chi connectivity index (χ3n) is 4.10. The Morgan fingerprint density at radius 2 is 2.19 bits per heavy atom. The highest BCUT2D eigenvalue weighted by atomic mass is 32.2. The highest BCUT2D eigenvalue weighted by Crippen LogP contribution is 2.27. The van der Waals surface area contributed by atoms with Crippen LogP contribution in [0, 0.1) is 5.92 Å². The van der Waals surface area contributed by atoms with Crippen LogP contribution in [0.1, 0.15) is 24.8 Å². The van der Waals surface area contributed by atoms with Crippen molar-refractivity contribution in [3.63, 3.8) is 0 Å². The number of thioether (sulfide) groups is 1. The van der Waals surface area contributed by atoms with Crippen LogP contribution in [0.2, 0.25) is 0 Å². The minimum Gasteiger partial charge on any atom is -0.497 e. The first-order valence-electron chi connectivity index (χ1n) is 8.72. The van der Waals surface area contributed by atoms with Crippen LogP contribution in [0.3, 0.4) is 0 Å². The second-order valence-electron chi connectivity index (χ2n) is 6.37. The van der Waals surface area contributed by atoms with Gasteiger partial charge in [-0.3, -0.25) is 9.36 Å². The van der Waals surface area contributed by atoms with Crippen molar-refractivity contribution in [1.82, 2.24) is 14.9 Å². The molecule has 0 bridgehead atoms. The van der Waals surface area contributed by atoms with Crippen LogP contribution >= 0.6 is 23.1 Å². The molecule has 2 heterocycles. The zero-order valence-corrected chi connectivity index (χ0v) is 17.2. The van der Waals surface area contributed by atoms with E-state index in [4.69, 9.17) is 4.74 Å². The lowest BCUT2D eigenvalue weighted by Crippen LogP contribution is -2.32. The summed E-state index contributed by atoms with van der Waals surface area (Å²) in [6.45, 7) is 4.24. The van der Waals surface area contributed by atoms with Crippen LogP contribution < -0.4 is 10.1 Å². The molecule has 1 atom stereocenters. The molecule has 1 aromatic carbocycles. The van der Waals surface area contributed by atoms with E-state index in [1.165, 1.54) is 16.6 Å². The number of thiophene rings is 1. The summed E-state index contributed by atoms with van der Waals surface area (Å²) in [5.74, 6) is 1.43. The van der Waals surface area contributed by atoms with Gasteiger partial charge in [-0.2, -0.15) is 0 Å². The number of ether oxygens (including phenoxy) is 1.